The topological polar surface area (TPSA) is 40.1 Å². The number of rotatable bonds is 5. The van der Waals surface area contributed by atoms with Crippen molar-refractivity contribution in [2.45, 2.75) is 38.0 Å². The maximum atomic E-state index is 13.3. The predicted octanol–water partition coefficient (Wildman–Crippen LogP) is 3.18. The summed E-state index contributed by atoms with van der Waals surface area (Å²) in [6.45, 7) is 3.59. The van der Waals surface area contributed by atoms with Gasteiger partial charge in [-0.2, -0.15) is 0 Å². The van der Waals surface area contributed by atoms with Crippen molar-refractivity contribution in [3.05, 3.63) is 48.1 Å². The normalized spacial score (nSPS) is 23.5. The second kappa shape index (κ2) is 6.83. The van der Waals surface area contributed by atoms with E-state index in [2.05, 4.69) is 6.58 Å². The highest BCUT2D eigenvalue weighted by molar-refractivity contribution is 5.68. The summed E-state index contributed by atoms with van der Waals surface area (Å²) in [5, 5.41) is 11.2. The molecule has 1 aromatic carbocycles. The summed E-state index contributed by atoms with van der Waals surface area (Å²) in [6, 6.07) is 4.02. The Labute approximate surface area is 123 Å². The van der Waals surface area contributed by atoms with Crippen LogP contribution in [0.3, 0.4) is 0 Å². The molecule has 0 spiro atoms. The minimum atomic E-state index is -1.02. The Kier molecular flexibility index (Phi) is 5.10. The highest BCUT2D eigenvalue weighted by Crippen LogP contribution is 2.39. The van der Waals surface area contributed by atoms with Gasteiger partial charge in [0.2, 0.25) is 0 Å². The Balaban J connectivity index is 2.00. The van der Waals surface area contributed by atoms with Crippen LogP contribution in [0.4, 0.5) is 8.78 Å². The van der Waals surface area contributed by atoms with Gasteiger partial charge in [0.15, 0.2) is 11.6 Å². The van der Waals surface area contributed by atoms with Crippen LogP contribution in [0.15, 0.2) is 30.9 Å². The van der Waals surface area contributed by atoms with Crippen molar-refractivity contribution < 1.29 is 18.7 Å². The number of aliphatic carboxylic acids is 1. The maximum absolute atomic E-state index is 13.3. The van der Waals surface area contributed by atoms with Crippen molar-refractivity contribution in [3.8, 4) is 0 Å². The summed E-state index contributed by atoms with van der Waals surface area (Å²) < 4.78 is 26.2. The van der Waals surface area contributed by atoms with E-state index in [4.69, 9.17) is 0 Å². The Morgan fingerprint density at radius 3 is 2.48 bits per heavy atom. The SMILES string of the molecule is C=CCC(C(=O)[O-])C1CCC(c2ccc(F)c(F)c2)CC1. The molecule has 1 aromatic rings. The minimum Gasteiger partial charge on any atom is -0.550 e. The van der Waals surface area contributed by atoms with Gasteiger partial charge in [0.05, 0.1) is 0 Å². The largest absolute Gasteiger partial charge is 0.550 e. The molecule has 1 fully saturated rings. The highest BCUT2D eigenvalue weighted by atomic mass is 19.2. The number of hydrogen-bond acceptors (Lipinski definition) is 2. The second-order valence-electron chi connectivity index (χ2n) is 5.74. The number of halogens is 2. The van der Waals surface area contributed by atoms with Crippen molar-refractivity contribution in [1.82, 2.24) is 0 Å². The van der Waals surface area contributed by atoms with Gasteiger partial charge < -0.3 is 9.90 Å². The zero-order chi connectivity index (χ0) is 15.4. The third-order valence-corrected chi connectivity index (χ3v) is 4.48. The van der Waals surface area contributed by atoms with E-state index in [9.17, 15) is 18.7 Å². The van der Waals surface area contributed by atoms with Gasteiger partial charge in [-0.3, -0.25) is 0 Å². The minimum absolute atomic E-state index is 0.0783. The number of carboxylic acids is 1. The molecular formula is C17H19F2O2-. The standard InChI is InChI=1S/C17H20F2O2/c1-2-3-14(17(20)21)12-6-4-11(5-7-12)13-8-9-15(18)16(19)10-13/h2,8-12,14H,1,3-7H2,(H,20,21)/p-1. The van der Waals surface area contributed by atoms with Gasteiger partial charge in [0.1, 0.15) is 0 Å². The summed E-state index contributed by atoms with van der Waals surface area (Å²) in [4.78, 5) is 11.2. The number of carboxylic acid groups (broad SMARTS) is 1. The summed E-state index contributed by atoms with van der Waals surface area (Å²) in [7, 11) is 0. The van der Waals surface area contributed by atoms with E-state index < -0.39 is 23.5 Å². The summed E-state index contributed by atoms with van der Waals surface area (Å²) >= 11 is 0. The Morgan fingerprint density at radius 1 is 1.29 bits per heavy atom. The number of hydrogen-bond donors (Lipinski definition) is 0. The molecule has 21 heavy (non-hydrogen) atoms. The summed E-state index contributed by atoms with van der Waals surface area (Å²) in [5.41, 5.74) is 0.793. The van der Waals surface area contributed by atoms with Crippen LogP contribution < -0.4 is 5.11 Å². The number of carbonyl (C=O) groups is 1. The van der Waals surface area contributed by atoms with Crippen molar-refractivity contribution in [1.29, 1.82) is 0 Å². The first-order valence-corrected chi connectivity index (χ1v) is 7.29. The van der Waals surface area contributed by atoms with Crippen LogP contribution in [-0.2, 0) is 4.79 Å². The van der Waals surface area contributed by atoms with E-state index >= 15 is 0 Å². The lowest BCUT2D eigenvalue weighted by molar-refractivity contribution is -0.313. The first-order valence-electron chi connectivity index (χ1n) is 7.29. The van der Waals surface area contributed by atoms with Crippen molar-refractivity contribution in [2.24, 2.45) is 11.8 Å². The van der Waals surface area contributed by atoms with Gasteiger partial charge >= 0.3 is 0 Å². The lowest BCUT2D eigenvalue weighted by Gasteiger charge is -2.34. The molecule has 1 aliphatic rings. The lowest BCUT2D eigenvalue weighted by atomic mass is 9.73. The molecule has 0 amide bonds. The predicted molar refractivity (Wildman–Crippen MR) is 74.4 cm³/mol. The van der Waals surface area contributed by atoms with Crippen LogP contribution >= 0.6 is 0 Å². The fourth-order valence-corrected chi connectivity index (χ4v) is 3.28. The molecule has 2 nitrogen and oxygen atoms in total. The third-order valence-electron chi connectivity index (χ3n) is 4.48. The number of allylic oxidation sites excluding steroid dienone is 1. The van der Waals surface area contributed by atoms with E-state index in [0.717, 1.165) is 37.3 Å². The smallest absolute Gasteiger partial charge is 0.159 e. The molecular weight excluding hydrogens is 274 g/mol. The first kappa shape index (κ1) is 15.7. The molecule has 0 N–H and O–H groups in total. The second-order valence-corrected chi connectivity index (χ2v) is 5.74. The number of carbonyl (C=O) groups excluding carboxylic acids is 1. The van der Waals surface area contributed by atoms with Gasteiger partial charge in [0, 0.05) is 11.9 Å². The van der Waals surface area contributed by atoms with Crippen LogP contribution in [-0.4, -0.2) is 5.97 Å². The molecule has 0 aromatic heterocycles. The molecule has 0 radical (unpaired) electrons. The lowest BCUT2D eigenvalue weighted by Crippen LogP contribution is -2.37. The van der Waals surface area contributed by atoms with E-state index in [1.807, 2.05) is 0 Å². The highest BCUT2D eigenvalue weighted by Gasteiger charge is 2.28. The van der Waals surface area contributed by atoms with Crippen molar-refractivity contribution >= 4 is 5.97 Å². The molecule has 4 heteroatoms. The van der Waals surface area contributed by atoms with Crippen LogP contribution in [0, 0.1) is 23.5 Å². The van der Waals surface area contributed by atoms with Gasteiger partial charge in [0.25, 0.3) is 0 Å². The quantitative estimate of drug-likeness (QED) is 0.782. The van der Waals surface area contributed by atoms with E-state index in [-0.39, 0.29) is 11.8 Å². The average Bonchev–Trinajstić information content (AvgIpc) is 2.47. The van der Waals surface area contributed by atoms with Gasteiger partial charge in [-0.25, -0.2) is 8.78 Å². The van der Waals surface area contributed by atoms with Gasteiger partial charge in [-0.1, -0.05) is 12.1 Å². The molecule has 1 aliphatic carbocycles. The van der Waals surface area contributed by atoms with Crippen LogP contribution in [0.2, 0.25) is 0 Å². The monoisotopic (exact) mass is 293 g/mol. The van der Waals surface area contributed by atoms with E-state index in [0.29, 0.717) is 6.42 Å². The molecule has 1 atom stereocenters. The van der Waals surface area contributed by atoms with Crippen molar-refractivity contribution in [2.75, 3.05) is 0 Å². The van der Waals surface area contributed by atoms with Crippen LogP contribution in [0.5, 0.6) is 0 Å². The van der Waals surface area contributed by atoms with E-state index in [1.165, 1.54) is 6.07 Å². The van der Waals surface area contributed by atoms with Gasteiger partial charge in [-0.15, -0.1) is 6.58 Å². The van der Waals surface area contributed by atoms with E-state index in [1.54, 1.807) is 12.1 Å². The zero-order valence-electron chi connectivity index (χ0n) is 11.9. The zero-order valence-corrected chi connectivity index (χ0v) is 11.9. The Morgan fingerprint density at radius 2 is 1.95 bits per heavy atom. The molecule has 1 unspecified atom stereocenters. The summed E-state index contributed by atoms with van der Waals surface area (Å²) in [5.74, 6) is -2.93. The molecule has 114 valence electrons. The van der Waals surface area contributed by atoms with Gasteiger partial charge in [-0.05, 0) is 61.6 Å². The van der Waals surface area contributed by atoms with Crippen LogP contribution in [0.25, 0.3) is 0 Å². The number of benzene rings is 1. The molecule has 0 aliphatic heterocycles. The fourth-order valence-electron chi connectivity index (χ4n) is 3.28. The molecule has 0 bridgehead atoms. The third kappa shape index (κ3) is 3.69. The average molecular weight is 293 g/mol. The first-order chi connectivity index (χ1) is 10.0. The van der Waals surface area contributed by atoms with Crippen LogP contribution in [0.1, 0.15) is 43.6 Å². The van der Waals surface area contributed by atoms with Crippen molar-refractivity contribution in [3.63, 3.8) is 0 Å². The molecule has 1 saturated carbocycles. The molecule has 0 heterocycles. The fraction of sp³-hybridized carbons (Fsp3) is 0.471. The Hall–Kier alpha value is -1.71. The molecule has 0 saturated heterocycles. The Bertz CT molecular complexity index is 520. The summed E-state index contributed by atoms with van der Waals surface area (Å²) in [6.07, 6.45) is 5.13. The maximum Gasteiger partial charge on any atom is 0.159 e. The molecule has 2 rings (SSSR count).